The lowest BCUT2D eigenvalue weighted by Crippen LogP contribution is -2.40. The first-order valence-electron chi connectivity index (χ1n) is 8.84. The molecule has 0 aliphatic carbocycles. The molecule has 0 bridgehead atoms. The minimum absolute atomic E-state index is 0.141. The van der Waals surface area contributed by atoms with Crippen molar-refractivity contribution < 1.29 is 17.6 Å². The number of nitrogens with zero attached hydrogens (tertiary/aromatic N) is 2. The molecule has 30 heavy (non-hydrogen) atoms. The van der Waals surface area contributed by atoms with Gasteiger partial charge in [-0.1, -0.05) is 11.6 Å². The van der Waals surface area contributed by atoms with E-state index in [4.69, 9.17) is 16.0 Å². The van der Waals surface area contributed by atoms with Crippen molar-refractivity contribution in [2.24, 2.45) is 7.05 Å². The summed E-state index contributed by atoms with van der Waals surface area (Å²) in [5.74, 6) is -0.742. The van der Waals surface area contributed by atoms with Crippen LogP contribution >= 0.6 is 23.4 Å². The number of furan rings is 1. The zero-order valence-electron chi connectivity index (χ0n) is 16.8. The smallest absolute Gasteiger partial charge is 0.291 e. The molecule has 0 radical (unpaired) electrons. The van der Waals surface area contributed by atoms with Crippen molar-refractivity contribution in [1.29, 1.82) is 0 Å². The Bertz CT molecular complexity index is 1180. The van der Waals surface area contributed by atoms with Gasteiger partial charge in [0, 0.05) is 34.9 Å². The number of imidazole rings is 1. The minimum atomic E-state index is -3.89. The van der Waals surface area contributed by atoms with Gasteiger partial charge in [0.1, 0.15) is 0 Å². The molecule has 1 aromatic carbocycles. The number of nitrogens with one attached hydrogen (secondary N) is 2. The van der Waals surface area contributed by atoms with E-state index < -0.39 is 21.5 Å². The van der Waals surface area contributed by atoms with Crippen molar-refractivity contribution in [3.63, 3.8) is 0 Å². The van der Waals surface area contributed by atoms with Crippen molar-refractivity contribution >= 4 is 45.0 Å². The Morgan fingerprint density at radius 2 is 1.97 bits per heavy atom. The molecule has 1 amide bonds. The largest absolute Gasteiger partial charge is 0.438 e. The van der Waals surface area contributed by atoms with Gasteiger partial charge >= 0.3 is 0 Å². The number of aromatic nitrogens is 2. The minimum Gasteiger partial charge on any atom is -0.438 e. The predicted molar refractivity (Wildman–Crippen MR) is 116 cm³/mol. The topological polar surface area (TPSA) is 106 Å². The summed E-state index contributed by atoms with van der Waals surface area (Å²) in [7, 11) is -2.03. The molecule has 0 aliphatic heterocycles. The van der Waals surface area contributed by atoms with Crippen molar-refractivity contribution in [2.75, 3.05) is 5.32 Å². The normalized spacial score (nSPS) is 12.2. The Morgan fingerprint density at radius 3 is 2.60 bits per heavy atom. The maximum Gasteiger partial charge on any atom is 0.291 e. The number of halogens is 1. The number of amides is 1. The van der Waals surface area contributed by atoms with Crippen LogP contribution in [0.2, 0.25) is 5.02 Å². The summed E-state index contributed by atoms with van der Waals surface area (Å²) in [4.78, 5) is 17.7. The first-order chi connectivity index (χ1) is 13.9. The third kappa shape index (κ3) is 5.45. The van der Waals surface area contributed by atoms with Gasteiger partial charge in [-0.15, -0.1) is 0 Å². The first kappa shape index (κ1) is 22.4. The number of hydrogen-bond donors (Lipinski definition) is 2. The van der Waals surface area contributed by atoms with E-state index in [2.05, 4.69) is 15.0 Å². The van der Waals surface area contributed by atoms with Gasteiger partial charge in [-0.3, -0.25) is 4.79 Å². The van der Waals surface area contributed by atoms with Crippen LogP contribution in [0.15, 0.2) is 62.3 Å². The molecule has 0 aliphatic rings. The lowest BCUT2D eigenvalue weighted by Gasteiger charge is -2.18. The second-order valence-corrected chi connectivity index (χ2v) is 10.6. The second-order valence-electron chi connectivity index (χ2n) is 7.49. The van der Waals surface area contributed by atoms with Gasteiger partial charge < -0.3 is 14.3 Å². The van der Waals surface area contributed by atoms with Crippen molar-refractivity contribution in [1.82, 2.24) is 14.3 Å². The van der Waals surface area contributed by atoms with Gasteiger partial charge in [-0.2, -0.15) is 0 Å². The maximum absolute atomic E-state index is 12.7. The summed E-state index contributed by atoms with van der Waals surface area (Å²) in [6.07, 6.45) is 3.49. The van der Waals surface area contributed by atoms with Crippen molar-refractivity contribution in [3.05, 3.63) is 53.5 Å². The van der Waals surface area contributed by atoms with E-state index in [1.54, 1.807) is 45.2 Å². The van der Waals surface area contributed by atoms with Gasteiger partial charge in [0.2, 0.25) is 5.09 Å². The average molecular weight is 469 g/mol. The highest BCUT2D eigenvalue weighted by atomic mass is 35.5. The molecule has 0 saturated carbocycles. The van der Waals surface area contributed by atoms with E-state index in [0.717, 1.165) is 10.1 Å². The molecule has 2 N–H and O–H groups in total. The van der Waals surface area contributed by atoms with Gasteiger partial charge in [0.05, 0.1) is 5.69 Å². The molecule has 2 heterocycles. The summed E-state index contributed by atoms with van der Waals surface area (Å²) in [6.45, 7) is 5.13. The number of sulfonamides is 1. The second kappa shape index (κ2) is 8.46. The SMILES string of the molecule is Cn1ccnc1Sc1ccc(Cl)cc1NC(=O)c1ccc(S(=O)(=O)NC(C)(C)C)o1. The van der Waals surface area contributed by atoms with E-state index in [1.165, 1.54) is 23.9 Å². The van der Waals surface area contributed by atoms with Gasteiger partial charge in [-0.25, -0.2) is 18.1 Å². The molecular formula is C19H21ClN4O4S2. The molecule has 8 nitrogen and oxygen atoms in total. The summed E-state index contributed by atoms with van der Waals surface area (Å²) in [6, 6.07) is 7.63. The Balaban J connectivity index is 1.82. The molecule has 0 unspecified atom stereocenters. The molecule has 0 saturated heterocycles. The summed E-state index contributed by atoms with van der Waals surface area (Å²) < 4.78 is 34.4. The number of aryl methyl sites for hydroxylation is 1. The fourth-order valence-corrected chi connectivity index (χ4v) is 4.86. The van der Waals surface area contributed by atoms with Crippen LogP contribution in [0.25, 0.3) is 0 Å². The third-order valence-corrected chi connectivity index (χ3v) is 6.70. The molecule has 3 rings (SSSR count). The van der Waals surface area contributed by atoms with Gasteiger partial charge in [-0.05, 0) is 62.9 Å². The van der Waals surface area contributed by atoms with Crippen LogP contribution in [0.5, 0.6) is 0 Å². The van der Waals surface area contributed by atoms with E-state index >= 15 is 0 Å². The monoisotopic (exact) mass is 468 g/mol. The third-order valence-electron chi connectivity index (χ3n) is 3.68. The molecule has 0 fully saturated rings. The zero-order chi connectivity index (χ0) is 22.1. The zero-order valence-corrected chi connectivity index (χ0v) is 19.2. The van der Waals surface area contributed by atoms with Crippen molar-refractivity contribution in [2.45, 2.75) is 41.5 Å². The molecule has 160 valence electrons. The van der Waals surface area contributed by atoms with E-state index in [1.807, 2.05) is 17.8 Å². The molecule has 11 heteroatoms. The first-order valence-corrected chi connectivity index (χ1v) is 11.5. The Morgan fingerprint density at radius 1 is 1.23 bits per heavy atom. The summed E-state index contributed by atoms with van der Waals surface area (Å²) in [5, 5.41) is 3.55. The van der Waals surface area contributed by atoms with Crippen LogP contribution in [-0.2, 0) is 17.1 Å². The van der Waals surface area contributed by atoms with Crippen LogP contribution in [0, 0.1) is 0 Å². The van der Waals surface area contributed by atoms with Crippen molar-refractivity contribution in [3.8, 4) is 0 Å². The molecule has 0 spiro atoms. The fourth-order valence-electron chi connectivity index (χ4n) is 2.46. The quantitative estimate of drug-likeness (QED) is 0.563. The van der Waals surface area contributed by atoms with Gasteiger partial charge in [0.25, 0.3) is 15.9 Å². The fraction of sp³-hybridized carbons (Fsp3) is 0.263. The van der Waals surface area contributed by atoms with Crippen LogP contribution in [0.4, 0.5) is 5.69 Å². The Labute approximate surface area is 184 Å². The lowest BCUT2D eigenvalue weighted by atomic mass is 10.1. The lowest BCUT2D eigenvalue weighted by molar-refractivity contribution is 0.0991. The van der Waals surface area contributed by atoms with Crippen LogP contribution < -0.4 is 10.0 Å². The highest BCUT2D eigenvalue weighted by Crippen LogP contribution is 2.34. The van der Waals surface area contributed by atoms with E-state index in [-0.39, 0.29) is 10.9 Å². The number of carbonyl (C=O) groups is 1. The molecule has 0 atom stereocenters. The summed E-state index contributed by atoms with van der Waals surface area (Å²) >= 11 is 7.44. The number of benzene rings is 1. The molecule has 3 aromatic rings. The van der Waals surface area contributed by atoms with E-state index in [9.17, 15) is 13.2 Å². The number of rotatable bonds is 6. The molecular weight excluding hydrogens is 448 g/mol. The predicted octanol–water partition coefficient (Wildman–Crippen LogP) is 4.15. The number of anilines is 1. The van der Waals surface area contributed by atoms with Gasteiger partial charge in [0.15, 0.2) is 10.9 Å². The van der Waals surface area contributed by atoms with Crippen LogP contribution in [0.1, 0.15) is 31.3 Å². The number of hydrogen-bond acceptors (Lipinski definition) is 6. The van der Waals surface area contributed by atoms with Crippen LogP contribution in [0.3, 0.4) is 0 Å². The highest BCUT2D eigenvalue weighted by Gasteiger charge is 2.26. The standard InChI is InChI=1S/C19H21ClN4O4S2/c1-19(2,3)23-30(26,27)16-8-6-14(28-16)17(25)22-13-11-12(20)5-7-15(13)29-18-21-9-10-24(18)4/h5-11,23H,1-4H3,(H,22,25). The number of carbonyl (C=O) groups excluding carboxylic acids is 1. The maximum atomic E-state index is 12.7. The molecule has 2 aromatic heterocycles. The van der Waals surface area contributed by atoms with Crippen LogP contribution in [-0.4, -0.2) is 29.4 Å². The highest BCUT2D eigenvalue weighted by molar-refractivity contribution is 7.99. The average Bonchev–Trinajstić information content (AvgIpc) is 3.25. The Kier molecular flexibility index (Phi) is 6.32. The summed E-state index contributed by atoms with van der Waals surface area (Å²) in [5.41, 5.74) is -0.236. The van der Waals surface area contributed by atoms with E-state index in [0.29, 0.717) is 10.7 Å². The Hall–Kier alpha value is -2.27.